The zero-order valence-electron chi connectivity index (χ0n) is 17.6. The van der Waals surface area contributed by atoms with Crippen molar-refractivity contribution in [2.24, 2.45) is 5.92 Å². The summed E-state index contributed by atoms with van der Waals surface area (Å²) in [5, 5.41) is 24.7. The van der Waals surface area contributed by atoms with E-state index in [-0.39, 0.29) is 23.7 Å². The number of amides is 1. The topological polar surface area (TPSA) is 82.0 Å². The normalized spacial score (nSPS) is 28.2. The number of aliphatic hydroxyl groups excluding tert-OH is 1. The SMILES string of the molecule is O=C1CCc2cc([C@H](O)CN3C[C@H]4C[C@H](Oc5cccc(F)c5F)C[C@@]4(O)C3)ccc2N1. The van der Waals surface area contributed by atoms with E-state index in [0.717, 1.165) is 22.9 Å². The molecule has 6 nitrogen and oxygen atoms in total. The van der Waals surface area contributed by atoms with Crippen molar-refractivity contribution in [1.82, 2.24) is 4.90 Å². The summed E-state index contributed by atoms with van der Waals surface area (Å²) in [6.07, 6.45) is 0.866. The first-order chi connectivity index (χ1) is 15.3. The molecule has 8 heteroatoms. The Bertz CT molecular complexity index is 1050. The molecule has 1 aliphatic carbocycles. The fourth-order valence-electron chi connectivity index (χ4n) is 5.33. The molecule has 0 unspecified atom stereocenters. The lowest BCUT2D eigenvalue weighted by Gasteiger charge is -2.25. The lowest BCUT2D eigenvalue weighted by molar-refractivity contribution is -0.116. The van der Waals surface area contributed by atoms with Crippen LogP contribution in [-0.4, -0.2) is 52.4 Å². The van der Waals surface area contributed by atoms with Gasteiger partial charge in [0.15, 0.2) is 11.6 Å². The molecule has 3 aliphatic rings. The number of carbonyl (C=O) groups is 1. The Morgan fingerprint density at radius 2 is 2.09 bits per heavy atom. The van der Waals surface area contributed by atoms with E-state index in [1.165, 1.54) is 12.1 Å². The van der Waals surface area contributed by atoms with Crippen molar-refractivity contribution >= 4 is 11.6 Å². The highest BCUT2D eigenvalue weighted by Crippen LogP contribution is 2.44. The maximum atomic E-state index is 13.9. The Morgan fingerprint density at radius 3 is 2.91 bits per heavy atom. The second-order valence-corrected chi connectivity index (χ2v) is 9.21. The largest absolute Gasteiger partial charge is 0.487 e. The molecule has 3 N–H and O–H groups in total. The van der Waals surface area contributed by atoms with Gasteiger partial charge in [-0.2, -0.15) is 4.39 Å². The second kappa shape index (κ2) is 8.10. The average Bonchev–Trinajstić information content (AvgIpc) is 3.21. The van der Waals surface area contributed by atoms with E-state index in [9.17, 15) is 23.8 Å². The number of ether oxygens (including phenoxy) is 1. The molecule has 2 aromatic rings. The van der Waals surface area contributed by atoms with Gasteiger partial charge in [0.2, 0.25) is 11.7 Å². The predicted molar refractivity (Wildman–Crippen MR) is 113 cm³/mol. The van der Waals surface area contributed by atoms with E-state index in [1.54, 1.807) is 0 Å². The number of aryl methyl sites for hydroxylation is 1. The number of benzene rings is 2. The van der Waals surface area contributed by atoms with Gasteiger partial charge in [0.1, 0.15) is 6.10 Å². The number of nitrogens with one attached hydrogen (secondary N) is 1. The van der Waals surface area contributed by atoms with Crippen LogP contribution < -0.4 is 10.1 Å². The minimum absolute atomic E-state index is 0.00469. The molecule has 2 fully saturated rings. The van der Waals surface area contributed by atoms with Gasteiger partial charge < -0.3 is 20.3 Å². The molecule has 32 heavy (non-hydrogen) atoms. The van der Waals surface area contributed by atoms with Crippen LogP contribution in [0.2, 0.25) is 0 Å². The monoisotopic (exact) mass is 444 g/mol. The van der Waals surface area contributed by atoms with Gasteiger partial charge in [-0.15, -0.1) is 0 Å². The van der Waals surface area contributed by atoms with Crippen LogP contribution in [-0.2, 0) is 11.2 Å². The first kappa shape index (κ1) is 21.3. The van der Waals surface area contributed by atoms with Crippen LogP contribution in [0.25, 0.3) is 0 Å². The zero-order chi connectivity index (χ0) is 22.5. The summed E-state index contributed by atoms with van der Waals surface area (Å²) in [5.41, 5.74) is 1.62. The van der Waals surface area contributed by atoms with Crippen molar-refractivity contribution in [3.8, 4) is 5.75 Å². The van der Waals surface area contributed by atoms with Crippen LogP contribution in [0, 0.1) is 17.6 Å². The highest BCUT2D eigenvalue weighted by molar-refractivity contribution is 5.93. The van der Waals surface area contributed by atoms with Crippen molar-refractivity contribution in [1.29, 1.82) is 0 Å². The number of hydrogen-bond acceptors (Lipinski definition) is 5. The van der Waals surface area contributed by atoms with E-state index in [2.05, 4.69) is 5.32 Å². The Kier molecular flexibility index (Phi) is 5.39. The van der Waals surface area contributed by atoms with Crippen LogP contribution in [0.5, 0.6) is 5.75 Å². The Morgan fingerprint density at radius 1 is 1.25 bits per heavy atom. The molecule has 4 atom stereocenters. The maximum Gasteiger partial charge on any atom is 0.224 e. The highest BCUT2D eigenvalue weighted by atomic mass is 19.2. The molecule has 1 saturated heterocycles. The lowest BCUT2D eigenvalue weighted by Crippen LogP contribution is -2.36. The van der Waals surface area contributed by atoms with Gasteiger partial charge in [0.25, 0.3) is 0 Å². The molecule has 0 bridgehead atoms. The number of hydrogen-bond donors (Lipinski definition) is 3. The summed E-state index contributed by atoms with van der Waals surface area (Å²) in [5.74, 6) is -2.15. The molecule has 0 spiro atoms. The smallest absolute Gasteiger partial charge is 0.224 e. The van der Waals surface area contributed by atoms with E-state index in [0.29, 0.717) is 45.3 Å². The molecule has 0 radical (unpaired) electrons. The third kappa shape index (κ3) is 3.98. The van der Waals surface area contributed by atoms with Crippen LogP contribution in [0.3, 0.4) is 0 Å². The number of aliphatic hydroxyl groups is 2. The average molecular weight is 444 g/mol. The van der Waals surface area contributed by atoms with E-state index in [4.69, 9.17) is 4.74 Å². The van der Waals surface area contributed by atoms with Gasteiger partial charge in [-0.1, -0.05) is 18.2 Å². The number of β-amino-alcohol motifs (C(OH)–C–C–N with tert-alkyl or cyclic N) is 2. The predicted octanol–water partition coefficient (Wildman–Crippen LogP) is 2.79. The molecule has 2 aliphatic heterocycles. The molecule has 2 heterocycles. The summed E-state index contributed by atoms with van der Waals surface area (Å²) in [6, 6.07) is 9.41. The van der Waals surface area contributed by atoms with Gasteiger partial charge in [0.05, 0.1) is 11.7 Å². The standard InChI is InChI=1S/C24H26F2N2O4/c25-18-2-1-3-21(23(18)26)32-17-9-16-11-28(13-24(16,31)10-17)12-20(29)15-4-6-19-14(8-15)5-7-22(30)27-19/h1-4,6,8,16-17,20,29,31H,5,7,9-13H2,(H,27,30)/t16-,17+,20-,24-/m1/s1. The second-order valence-electron chi connectivity index (χ2n) is 9.21. The van der Waals surface area contributed by atoms with Crippen molar-refractivity contribution in [3.63, 3.8) is 0 Å². The maximum absolute atomic E-state index is 13.9. The number of rotatable bonds is 5. The number of carbonyl (C=O) groups excluding carboxylic acids is 1. The van der Waals surface area contributed by atoms with Crippen LogP contribution in [0.15, 0.2) is 36.4 Å². The first-order valence-electron chi connectivity index (χ1n) is 11.0. The molecule has 5 rings (SSSR count). The van der Waals surface area contributed by atoms with Crippen molar-refractivity contribution in [2.75, 3.05) is 25.0 Å². The third-order valence-corrected chi connectivity index (χ3v) is 6.91. The quantitative estimate of drug-likeness (QED) is 0.661. The van der Waals surface area contributed by atoms with Crippen molar-refractivity contribution in [2.45, 2.75) is 43.5 Å². The Balaban J connectivity index is 1.19. The highest BCUT2D eigenvalue weighted by Gasteiger charge is 2.53. The third-order valence-electron chi connectivity index (χ3n) is 6.91. The molecular weight excluding hydrogens is 418 g/mol. The zero-order valence-corrected chi connectivity index (χ0v) is 17.6. The fourth-order valence-corrected chi connectivity index (χ4v) is 5.33. The minimum atomic E-state index is -1.01. The molecule has 1 saturated carbocycles. The lowest BCUT2D eigenvalue weighted by atomic mass is 9.95. The van der Waals surface area contributed by atoms with Crippen LogP contribution in [0.4, 0.5) is 14.5 Å². The number of anilines is 1. The fraction of sp³-hybridized carbons (Fsp3) is 0.458. The molecule has 2 aromatic carbocycles. The van der Waals surface area contributed by atoms with Gasteiger partial charge >= 0.3 is 0 Å². The summed E-state index contributed by atoms with van der Waals surface area (Å²) in [7, 11) is 0. The Hall–Kier alpha value is -2.55. The number of nitrogens with zero attached hydrogens (tertiary/aromatic N) is 1. The van der Waals surface area contributed by atoms with E-state index < -0.39 is 23.3 Å². The summed E-state index contributed by atoms with van der Waals surface area (Å²) < 4.78 is 33.0. The van der Waals surface area contributed by atoms with Crippen molar-refractivity contribution < 1.29 is 28.5 Å². The summed E-state index contributed by atoms with van der Waals surface area (Å²) in [4.78, 5) is 13.6. The molecule has 170 valence electrons. The molecule has 0 aromatic heterocycles. The number of likely N-dealkylation sites (tertiary alicyclic amines) is 1. The Labute approximate surface area is 184 Å². The van der Waals surface area contributed by atoms with Crippen LogP contribution in [0.1, 0.15) is 36.5 Å². The van der Waals surface area contributed by atoms with E-state index in [1.807, 2.05) is 23.1 Å². The van der Waals surface area contributed by atoms with Crippen LogP contribution >= 0.6 is 0 Å². The number of halogens is 2. The van der Waals surface area contributed by atoms with Gasteiger partial charge in [0, 0.05) is 44.1 Å². The van der Waals surface area contributed by atoms with E-state index >= 15 is 0 Å². The minimum Gasteiger partial charge on any atom is -0.487 e. The van der Waals surface area contributed by atoms with Crippen molar-refractivity contribution in [3.05, 3.63) is 59.2 Å². The molecule has 1 amide bonds. The van der Waals surface area contributed by atoms with Gasteiger partial charge in [-0.3, -0.25) is 9.69 Å². The first-order valence-corrected chi connectivity index (χ1v) is 11.0. The summed E-state index contributed by atoms with van der Waals surface area (Å²) >= 11 is 0. The van der Waals surface area contributed by atoms with Gasteiger partial charge in [-0.25, -0.2) is 4.39 Å². The number of fused-ring (bicyclic) bond motifs is 2. The molecular formula is C24H26F2N2O4. The summed E-state index contributed by atoms with van der Waals surface area (Å²) in [6.45, 7) is 1.37. The van der Waals surface area contributed by atoms with Gasteiger partial charge in [-0.05, 0) is 42.2 Å².